The summed E-state index contributed by atoms with van der Waals surface area (Å²) in [6.45, 7) is 4.73. The summed E-state index contributed by atoms with van der Waals surface area (Å²) in [5.41, 5.74) is 0.952. The Morgan fingerprint density at radius 1 is 1.08 bits per heavy atom. The van der Waals surface area contributed by atoms with Crippen LogP contribution >= 0.6 is 0 Å². The summed E-state index contributed by atoms with van der Waals surface area (Å²) >= 11 is 0. The van der Waals surface area contributed by atoms with Crippen molar-refractivity contribution in [3.05, 3.63) is 47.5 Å². The maximum absolute atomic E-state index is 11.9. The normalized spacial score (nSPS) is 10.7. The molecule has 0 spiro atoms. The Morgan fingerprint density at radius 3 is 2.44 bits per heavy atom. The van der Waals surface area contributed by atoms with Crippen molar-refractivity contribution in [3.63, 3.8) is 0 Å². The molecule has 2 amide bonds. The maximum Gasteiger partial charge on any atom is 0.224 e. The van der Waals surface area contributed by atoms with Gasteiger partial charge in [-0.25, -0.2) is 0 Å². The lowest BCUT2D eigenvalue weighted by Gasteiger charge is -2.08. The highest BCUT2D eigenvalue weighted by atomic mass is 16.2. The molecule has 0 saturated carbocycles. The molecule has 0 aliphatic heterocycles. The second kappa shape index (κ2) is 8.96. The van der Waals surface area contributed by atoms with E-state index in [0.29, 0.717) is 25.3 Å². The van der Waals surface area contributed by atoms with E-state index in [9.17, 15) is 9.59 Å². The number of nitrogens with zero attached hydrogens (tertiary/aromatic N) is 3. The first-order valence-electron chi connectivity index (χ1n) is 8.43. The molecule has 0 unspecified atom stereocenters. The molecule has 1 heterocycles. The molecule has 0 saturated heterocycles. The van der Waals surface area contributed by atoms with Gasteiger partial charge < -0.3 is 15.2 Å². The molecule has 2 N–H and O–H groups in total. The SMILES string of the molecule is CC(C)c1nnc(CNC(=O)CCNC(=O)Cc2ccccc2)n1C. The van der Waals surface area contributed by atoms with E-state index < -0.39 is 0 Å². The Hall–Kier alpha value is -2.70. The monoisotopic (exact) mass is 343 g/mol. The minimum absolute atomic E-state index is 0.0890. The Balaban J connectivity index is 1.68. The predicted octanol–water partition coefficient (Wildman–Crippen LogP) is 1.30. The number of benzene rings is 1. The van der Waals surface area contributed by atoms with Crippen molar-refractivity contribution in [2.75, 3.05) is 6.54 Å². The van der Waals surface area contributed by atoms with Crippen molar-refractivity contribution in [2.24, 2.45) is 7.05 Å². The van der Waals surface area contributed by atoms with Gasteiger partial charge in [-0.1, -0.05) is 44.2 Å². The summed E-state index contributed by atoms with van der Waals surface area (Å²) in [6.07, 6.45) is 0.550. The van der Waals surface area contributed by atoms with Crippen molar-refractivity contribution in [3.8, 4) is 0 Å². The van der Waals surface area contributed by atoms with Gasteiger partial charge in [-0.2, -0.15) is 0 Å². The van der Waals surface area contributed by atoms with Crippen LogP contribution in [-0.2, 0) is 29.6 Å². The summed E-state index contributed by atoms with van der Waals surface area (Å²) in [5.74, 6) is 1.66. The number of hydrogen-bond donors (Lipinski definition) is 2. The average Bonchev–Trinajstić information content (AvgIpc) is 2.95. The second-order valence-corrected chi connectivity index (χ2v) is 6.23. The van der Waals surface area contributed by atoms with Crippen LogP contribution < -0.4 is 10.6 Å². The van der Waals surface area contributed by atoms with Crippen LogP contribution in [-0.4, -0.2) is 33.1 Å². The minimum atomic E-state index is -0.130. The molecule has 0 atom stereocenters. The molecule has 2 aromatic rings. The van der Waals surface area contributed by atoms with E-state index in [4.69, 9.17) is 0 Å². The fourth-order valence-corrected chi connectivity index (χ4v) is 2.46. The van der Waals surface area contributed by atoms with E-state index in [1.807, 2.05) is 55.8 Å². The quantitative estimate of drug-likeness (QED) is 0.756. The number of amides is 2. The Kier molecular flexibility index (Phi) is 6.68. The first kappa shape index (κ1) is 18.6. The zero-order chi connectivity index (χ0) is 18.2. The smallest absolute Gasteiger partial charge is 0.224 e. The topological polar surface area (TPSA) is 88.9 Å². The standard InChI is InChI=1S/C18H25N5O2/c1-13(2)18-22-21-15(23(18)3)12-20-16(24)9-10-19-17(25)11-14-7-5-4-6-8-14/h4-8,13H,9-12H2,1-3H3,(H,19,25)(H,20,24). The van der Waals surface area contributed by atoms with Gasteiger partial charge in [-0.3, -0.25) is 9.59 Å². The van der Waals surface area contributed by atoms with E-state index in [1.165, 1.54) is 0 Å². The molecule has 0 aliphatic carbocycles. The van der Waals surface area contributed by atoms with Crippen molar-refractivity contribution in [2.45, 2.75) is 39.2 Å². The van der Waals surface area contributed by atoms with Gasteiger partial charge in [0.15, 0.2) is 5.82 Å². The van der Waals surface area contributed by atoms with Crippen LogP contribution in [0.25, 0.3) is 0 Å². The second-order valence-electron chi connectivity index (χ2n) is 6.23. The summed E-state index contributed by atoms with van der Waals surface area (Å²) in [6, 6.07) is 9.50. The predicted molar refractivity (Wildman–Crippen MR) is 94.7 cm³/mol. The van der Waals surface area contributed by atoms with Crippen LogP contribution in [0.2, 0.25) is 0 Å². The third kappa shape index (κ3) is 5.70. The van der Waals surface area contributed by atoms with Gasteiger partial charge in [-0.05, 0) is 5.56 Å². The van der Waals surface area contributed by atoms with Crippen molar-refractivity contribution in [1.29, 1.82) is 0 Å². The molecular formula is C18H25N5O2. The number of rotatable bonds is 8. The number of carbonyl (C=O) groups is 2. The molecular weight excluding hydrogens is 318 g/mol. The summed E-state index contributed by atoms with van der Waals surface area (Å²) in [7, 11) is 1.89. The maximum atomic E-state index is 11.9. The fourth-order valence-electron chi connectivity index (χ4n) is 2.46. The first-order chi connectivity index (χ1) is 12.0. The number of carbonyl (C=O) groups excluding carboxylic acids is 2. The van der Waals surface area contributed by atoms with Crippen LogP contribution in [0.5, 0.6) is 0 Å². The number of hydrogen-bond acceptors (Lipinski definition) is 4. The highest BCUT2D eigenvalue weighted by Gasteiger charge is 2.12. The Labute approximate surface area is 147 Å². The average molecular weight is 343 g/mol. The molecule has 134 valence electrons. The van der Waals surface area contributed by atoms with Gasteiger partial charge in [0.2, 0.25) is 11.8 Å². The third-order valence-electron chi connectivity index (χ3n) is 3.84. The Bertz CT molecular complexity index is 710. The Morgan fingerprint density at radius 2 is 1.80 bits per heavy atom. The zero-order valence-corrected chi connectivity index (χ0v) is 15.0. The molecule has 1 aromatic carbocycles. The molecule has 7 nitrogen and oxygen atoms in total. The van der Waals surface area contributed by atoms with Crippen LogP contribution in [0.4, 0.5) is 0 Å². The van der Waals surface area contributed by atoms with E-state index in [1.54, 1.807) is 0 Å². The molecule has 2 rings (SSSR count). The van der Waals surface area contributed by atoms with Gasteiger partial charge in [0.1, 0.15) is 5.82 Å². The summed E-state index contributed by atoms with van der Waals surface area (Å²) in [5, 5.41) is 13.8. The number of aromatic nitrogens is 3. The van der Waals surface area contributed by atoms with E-state index in [0.717, 1.165) is 11.4 Å². The largest absolute Gasteiger partial charge is 0.355 e. The summed E-state index contributed by atoms with van der Waals surface area (Å²) in [4.78, 5) is 23.7. The summed E-state index contributed by atoms with van der Waals surface area (Å²) < 4.78 is 1.90. The third-order valence-corrected chi connectivity index (χ3v) is 3.84. The van der Waals surface area contributed by atoms with E-state index in [-0.39, 0.29) is 24.2 Å². The van der Waals surface area contributed by atoms with Crippen LogP contribution in [0.1, 0.15) is 43.4 Å². The molecule has 25 heavy (non-hydrogen) atoms. The lowest BCUT2D eigenvalue weighted by molar-refractivity contribution is -0.122. The molecule has 7 heteroatoms. The molecule has 0 fully saturated rings. The molecule has 0 bridgehead atoms. The van der Waals surface area contributed by atoms with E-state index in [2.05, 4.69) is 20.8 Å². The van der Waals surface area contributed by atoms with E-state index >= 15 is 0 Å². The lowest BCUT2D eigenvalue weighted by Crippen LogP contribution is -2.31. The van der Waals surface area contributed by atoms with Crippen LogP contribution in [0, 0.1) is 0 Å². The van der Waals surface area contributed by atoms with Gasteiger partial charge in [0.25, 0.3) is 0 Å². The highest BCUT2D eigenvalue weighted by molar-refractivity contribution is 5.80. The molecule has 0 aliphatic rings. The fraction of sp³-hybridized carbons (Fsp3) is 0.444. The van der Waals surface area contributed by atoms with Crippen LogP contribution in [0.3, 0.4) is 0 Å². The highest BCUT2D eigenvalue weighted by Crippen LogP contribution is 2.11. The zero-order valence-electron chi connectivity index (χ0n) is 15.0. The van der Waals surface area contributed by atoms with Gasteiger partial charge in [-0.15, -0.1) is 10.2 Å². The minimum Gasteiger partial charge on any atom is -0.355 e. The van der Waals surface area contributed by atoms with Gasteiger partial charge >= 0.3 is 0 Å². The number of nitrogens with one attached hydrogen (secondary N) is 2. The van der Waals surface area contributed by atoms with Crippen molar-refractivity contribution < 1.29 is 9.59 Å². The van der Waals surface area contributed by atoms with Gasteiger partial charge in [0.05, 0.1) is 13.0 Å². The van der Waals surface area contributed by atoms with Crippen LogP contribution in [0.15, 0.2) is 30.3 Å². The molecule has 1 aromatic heterocycles. The first-order valence-corrected chi connectivity index (χ1v) is 8.43. The van der Waals surface area contributed by atoms with Gasteiger partial charge in [0, 0.05) is 25.9 Å². The van der Waals surface area contributed by atoms with Crippen molar-refractivity contribution >= 4 is 11.8 Å². The molecule has 0 radical (unpaired) electrons. The lowest BCUT2D eigenvalue weighted by atomic mass is 10.1. The van der Waals surface area contributed by atoms with Crippen molar-refractivity contribution in [1.82, 2.24) is 25.4 Å².